The van der Waals surface area contributed by atoms with Gasteiger partial charge in [-0.25, -0.2) is 0 Å². The van der Waals surface area contributed by atoms with Crippen molar-refractivity contribution in [2.24, 2.45) is 5.41 Å². The smallest absolute Gasteiger partial charge is 0.119 e. The third-order valence-corrected chi connectivity index (χ3v) is 3.30. The molecule has 2 aliphatic heterocycles. The van der Waals surface area contributed by atoms with E-state index in [0.29, 0.717) is 0 Å². The molecule has 0 aromatic heterocycles. The molecule has 0 bridgehead atoms. The Morgan fingerprint density at radius 3 is 2.88 bits per heavy atom. The van der Waals surface area contributed by atoms with Crippen molar-refractivity contribution < 1.29 is 9.47 Å². The minimum absolute atomic E-state index is 0.220. The number of ether oxygens (including phenoxy) is 2. The predicted molar refractivity (Wildman–Crippen MR) is 61.4 cm³/mol. The first kappa shape index (κ1) is 10.1. The lowest BCUT2D eigenvalue weighted by atomic mass is 9.90. The molecule has 2 aliphatic rings. The number of rotatable bonds is 3. The summed E-state index contributed by atoms with van der Waals surface area (Å²) in [7, 11) is 0. The molecule has 2 heterocycles. The molecule has 0 saturated carbocycles. The van der Waals surface area contributed by atoms with Crippen molar-refractivity contribution in [2.75, 3.05) is 19.8 Å². The highest BCUT2D eigenvalue weighted by molar-refractivity contribution is 5.37. The second kappa shape index (κ2) is 3.75. The molecule has 0 unspecified atom stereocenters. The van der Waals surface area contributed by atoms with Gasteiger partial charge in [-0.15, -0.1) is 0 Å². The quantitative estimate of drug-likeness (QED) is 0.839. The normalized spacial score (nSPS) is 21.3. The van der Waals surface area contributed by atoms with Crippen molar-refractivity contribution in [3.8, 4) is 5.75 Å². The molecule has 1 N–H and O–H groups in total. The highest BCUT2D eigenvalue weighted by Gasteiger charge is 2.34. The zero-order chi connectivity index (χ0) is 11.0. The number of hydrogen-bond acceptors (Lipinski definition) is 3. The van der Waals surface area contributed by atoms with Gasteiger partial charge in [0.1, 0.15) is 5.75 Å². The van der Waals surface area contributed by atoms with Gasteiger partial charge in [-0.2, -0.15) is 0 Å². The summed E-state index contributed by atoms with van der Waals surface area (Å²) in [5, 5.41) is 3.33. The number of nitrogens with one attached hydrogen (secondary N) is 1. The minimum Gasteiger partial charge on any atom is -0.493 e. The highest BCUT2D eigenvalue weighted by Crippen LogP contribution is 2.28. The Morgan fingerprint density at radius 1 is 1.31 bits per heavy atom. The summed E-state index contributed by atoms with van der Waals surface area (Å²) >= 11 is 0. The first-order valence-corrected chi connectivity index (χ1v) is 5.78. The van der Waals surface area contributed by atoms with Gasteiger partial charge < -0.3 is 14.8 Å². The fourth-order valence-electron chi connectivity index (χ4n) is 2.15. The molecule has 3 nitrogen and oxygen atoms in total. The summed E-state index contributed by atoms with van der Waals surface area (Å²) < 4.78 is 11.0. The van der Waals surface area contributed by atoms with E-state index < -0.39 is 0 Å². The second-order valence-corrected chi connectivity index (χ2v) is 5.13. The molecule has 0 aliphatic carbocycles. The van der Waals surface area contributed by atoms with Crippen LogP contribution >= 0.6 is 0 Å². The molecular weight excluding hydrogens is 202 g/mol. The first-order valence-electron chi connectivity index (χ1n) is 5.78. The topological polar surface area (TPSA) is 30.5 Å². The van der Waals surface area contributed by atoms with Crippen LogP contribution in [0.25, 0.3) is 0 Å². The summed E-state index contributed by atoms with van der Waals surface area (Å²) in [5.74, 6) is 0.982. The average Bonchev–Trinajstić information content (AvgIpc) is 2.70. The molecule has 1 saturated heterocycles. The maximum Gasteiger partial charge on any atom is 0.119 e. The van der Waals surface area contributed by atoms with Gasteiger partial charge in [-0.1, -0.05) is 13.0 Å². The van der Waals surface area contributed by atoms with E-state index in [-0.39, 0.29) is 5.41 Å². The highest BCUT2D eigenvalue weighted by atomic mass is 16.5. The fraction of sp³-hybridized carbons (Fsp3) is 0.538. The van der Waals surface area contributed by atoms with E-state index in [4.69, 9.17) is 9.47 Å². The molecule has 0 atom stereocenters. The molecule has 1 aromatic rings. The zero-order valence-electron chi connectivity index (χ0n) is 9.58. The number of fused-ring (bicyclic) bond motifs is 1. The third-order valence-electron chi connectivity index (χ3n) is 3.30. The van der Waals surface area contributed by atoms with Crippen molar-refractivity contribution >= 4 is 0 Å². The van der Waals surface area contributed by atoms with E-state index in [2.05, 4.69) is 30.4 Å². The largest absolute Gasteiger partial charge is 0.493 e. The van der Waals surface area contributed by atoms with Crippen molar-refractivity contribution in [3.63, 3.8) is 0 Å². The number of benzene rings is 1. The molecule has 0 spiro atoms. The SMILES string of the molecule is CC1(COc2ccc3c(c2)CNC3)COC1. The van der Waals surface area contributed by atoms with E-state index in [1.807, 2.05) is 0 Å². The Labute approximate surface area is 95.8 Å². The second-order valence-electron chi connectivity index (χ2n) is 5.13. The Hall–Kier alpha value is -1.06. The van der Waals surface area contributed by atoms with Gasteiger partial charge in [0, 0.05) is 18.5 Å². The van der Waals surface area contributed by atoms with Crippen LogP contribution in [0, 0.1) is 5.41 Å². The summed E-state index contributed by atoms with van der Waals surface area (Å²) in [4.78, 5) is 0. The van der Waals surface area contributed by atoms with Crippen molar-refractivity contribution in [1.82, 2.24) is 5.32 Å². The molecule has 3 heteroatoms. The first-order chi connectivity index (χ1) is 7.75. The summed E-state index contributed by atoms with van der Waals surface area (Å²) in [5.41, 5.74) is 2.98. The van der Waals surface area contributed by atoms with E-state index in [1.165, 1.54) is 11.1 Å². The fourth-order valence-corrected chi connectivity index (χ4v) is 2.15. The van der Waals surface area contributed by atoms with E-state index in [1.54, 1.807) is 0 Å². The molecule has 3 rings (SSSR count). The summed E-state index contributed by atoms with van der Waals surface area (Å²) in [6.07, 6.45) is 0. The van der Waals surface area contributed by atoms with Gasteiger partial charge in [-0.3, -0.25) is 0 Å². The van der Waals surface area contributed by atoms with Crippen LogP contribution in [0.4, 0.5) is 0 Å². The van der Waals surface area contributed by atoms with E-state index >= 15 is 0 Å². The van der Waals surface area contributed by atoms with Crippen LogP contribution in [0.5, 0.6) is 5.75 Å². The van der Waals surface area contributed by atoms with Gasteiger partial charge in [0.05, 0.1) is 19.8 Å². The Bertz CT molecular complexity index is 399. The summed E-state index contributed by atoms with van der Waals surface area (Å²) in [6, 6.07) is 6.37. The Balaban J connectivity index is 1.66. The van der Waals surface area contributed by atoms with Crippen LogP contribution < -0.4 is 10.1 Å². The molecular formula is C13H17NO2. The monoisotopic (exact) mass is 219 g/mol. The van der Waals surface area contributed by atoms with Crippen molar-refractivity contribution in [2.45, 2.75) is 20.0 Å². The molecule has 0 amide bonds. The number of hydrogen-bond donors (Lipinski definition) is 1. The van der Waals surface area contributed by atoms with Crippen LogP contribution in [-0.4, -0.2) is 19.8 Å². The molecule has 86 valence electrons. The van der Waals surface area contributed by atoms with Gasteiger partial charge in [-0.05, 0) is 23.3 Å². The van der Waals surface area contributed by atoms with Crippen molar-refractivity contribution in [1.29, 1.82) is 0 Å². The molecule has 16 heavy (non-hydrogen) atoms. The van der Waals surface area contributed by atoms with E-state index in [0.717, 1.165) is 38.7 Å². The molecule has 0 radical (unpaired) electrons. The standard InChI is InChI=1S/C13H17NO2/c1-13(7-15-8-13)9-16-12-3-2-10-5-14-6-11(10)4-12/h2-4,14H,5-9H2,1H3. The van der Waals surface area contributed by atoms with Gasteiger partial charge in [0.15, 0.2) is 0 Å². The maximum absolute atomic E-state index is 5.83. The predicted octanol–water partition coefficient (Wildman–Crippen LogP) is 1.71. The van der Waals surface area contributed by atoms with Crippen LogP contribution in [0.2, 0.25) is 0 Å². The molecule has 1 fully saturated rings. The zero-order valence-corrected chi connectivity index (χ0v) is 9.58. The minimum atomic E-state index is 0.220. The van der Waals surface area contributed by atoms with Gasteiger partial charge >= 0.3 is 0 Å². The Morgan fingerprint density at radius 2 is 2.12 bits per heavy atom. The lowest BCUT2D eigenvalue weighted by Crippen LogP contribution is -2.44. The van der Waals surface area contributed by atoms with Gasteiger partial charge in [0.25, 0.3) is 0 Å². The lowest BCUT2D eigenvalue weighted by molar-refractivity contribution is -0.120. The molecule has 1 aromatic carbocycles. The van der Waals surface area contributed by atoms with Gasteiger partial charge in [0.2, 0.25) is 0 Å². The van der Waals surface area contributed by atoms with Crippen LogP contribution in [0.3, 0.4) is 0 Å². The average molecular weight is 219 g/mol. The third kappa shape index (κ3) is 1.81. The van der Waals surface area contributed by atoms with Crippen LogP contribution in [-0.2, 0) is 17.8 Å². The Kier molecular flexibility index (Phi) is 2.37. The lowest BCUT2D eigenvalue weighted by Gasteiger charge is -2.37. The van der Waals surface area contributed by atoms with Crippen LogP contribution in [0.15, 0.2) is 18.2 Å². The van der Waals surface area contributed by atoms with Crippen LogP contribution in [0.1, 0.15) is 18.1 Å². The maximum atomic E-state index is 5.83. The summed E-state index contributed by atoms with van der Waals surface area (Å²) in [6.45, 7) is 6.54. The van der Waals surface area contributed by atoms with E-state index in [9.17, 15) is 0 Å². The van der Waals surface area contributed by atoms with Crippen molar-refractivity contribution in [3.05, 3.63) is 29.3 Å².